The number of rotatable bonds is 10. The predicted octanol–water partition coefficient (Wildman–Crippen LogP) is 6.59. The first-order valence-electron chi connectivity index (χ1n) is 14.3. The number of aromatic nitrogens is 1. The van der Waals surface area contributed by atoms with Gasteiger partial charge in [-0.05, 0) is 87.2 Å². The number of nitrogens with zero attached hydrogens (tertiary/aromatic N) is 4. The van der Waals surface area contributed by atoms with Crippen LogP contribution >= 0.6 is 0 Å². The highest BCUT2D eigenvalue weighted by molar-refractivity contribution is 5.97. The number of likely N-dealkylation sites (tertiary alicyclic amines) is 1. The summed E-state index contributed by atoms with van der Waals surface area (Å²) in [6, 6.07) is 16.4. The number of amides is 1. The molecule has 228 valence electrons. The van der Waals surface area contributed by atoms with E-state index in [1.54, 1.807) is 11.1 Å². The molecule has 2 heterocycles. The second-order valence-corrected chi connectivity index (χ2v) is 11.0. The first-order chi connectivity index (χ1) is 20.5. The maximum atomic E-state index is 14.0. The Kier molecular flexibility index (Phi) is 10.2. The van der Waals surface area contributed by atoms with Crippen LogP contribution in [0.5, 0.6) is 0 Å². The smallest absolute Gasteiger partial charge is 0.416 e. The standard InChI is InChI=1S/C33H37F3N4O3/c1-23(2)39-16-13-28(14-17-39)40(21-26-6-5-7-29(19-26)38(4)30-12-15-37-24(3)18-30)32(42)31(43-22-41)20-25-8-10-27(11-9-25)33(34,35)36/h5-12,15,18-20,22-23,28H,13-14,16-17,21H2,1-4H3/b31-20+. The van der Waals surface area contributed by atoms with E-state index >= 15 is 0 Å². The van der Waals surface area contributed by atoms with E-state index in [1.807, 2.05) is 55.3 Å². The fourth-order valence-corrected chi connectivity index (χ4v) is 5.29. The summed E-state index contributed by atoms with van der Waals surface area (Å²) >= 11 is 0. The Balaban J connectivity index is 1.65. The Morgan fingerprint density at radius 2 is 1.74 bits per heavy atom. The van der Waals surface area contributed by atoms with Crippen molar-refractivity contribution in [2.24, 2.45) is 0 Å². The van der Waals surface area contributed by atoms with Crippen LogP contribution in [0.4, 0.5) is 24.5 Å². The largest absolute Gasteiger partial charge is 0.423 e. The molecule has 0 unspecified atom stereocenters. The van der Waals surface area contributed by atoms with Gasteiger partial charge in [0.1, 0.15) is 0 Å². The third-order valence-electron chi connectivity index (χ3n) is 7.77. The summed E-state index contributed by atoms with van der Waals surface area (Å²) in [5, 5.41) is 0. The first-order valence-corrected chi connectivity index (χ1v) is 14.3. The molecule has 1 aliphatic heterocycles. The average Bonchev–Trinajstić information content (AvgIpc) is 2.99. The van der Waals surface area contributed by atoms with Crippen LogP contribution in [0.15, 0.2) is 72.6 Å². The van der Waals surface area contributed by atoms with Gasteiger partial charge in [-0.2, -0.15) is 13.2 Å². The Morgan fingerprint density at radius 3 is 2.35 bits per heavy atom. The van der Waals surface area contributed by atoms with E-state index in [2.05, 4.69) is 23.7 Å². The van der Waals surface area contributed by atoms with E-state index in [1.165, 1.54) is 18.2 Å². The molecule has 1 aliphatic rings. The second-order valence-electron chi connectivity index (χ2n) is 11.0. The molecule has 43 heavy (non-hydrogen) atoms. The van der Waals surface area contributed by atoms with Crippen molar-refractivity contribution in [3.05, 3.63) is 95.0 Å². The van der Waals surface area contributed by atoms with Crippen molar-refractivity contribution in [3.63, 3.8) is 0 Å². The Labute approximate surface area is 250 Å². The van der Waals surface area contributed by atoms with Crippen molar-refractivity contribution in [2.75, 3.05) is 25.0 Å². The number of pyridine rings is 1. The summed E-state index contributed by atoms with van der Waals surface area (Å²) in [5.41, 5.74) is 3.18. The summed E-state index contributed by atoms with van der Waals surface area (Å²) in [4.78, 5) is 35.9. The first kappa shape index (κ1) is 31.7. The lowest BCUT2D eigenvalue weighted by molar-refractivity contribution is -0.139. The minimum atomic E-state index is -4.49. The highest BCUT2D eigenvalue weighted by atomic mass is 19.4. The number of aryl methyl sites for hydroxylation is 1. The van der Waals surface area contributed by atoms with Crippen LogP contribution in [0.2, 0.25) is 0 Å². The Hall–Kier alpha value is -4.18. The number of hydrogen-bond donors (Lipinski definition) is 0. The molecule has 0 spiro atoms. The van der Waals surface area contributed by atoms with E-state index in [0.29, 0.717) is 11.6 Å². The summed E-state index contributed by atoms with van der Waals surface area (Å²) < 4.78 is 44.3. The van der Waals surface area contributed by atoms with Gasteiger partial charge in [-0.3, -0.25) is 14.6 Å². The van der Waals surface area contributed by atoms with Gasteiger partial charge in [0.2, 0.25) is 0 Å². The van der Waals surface area contributed by atoms with Crippen molar-refractivity contribution < 1.29 is 27.5 Å². The lowest BCUT2D eigenvalue weighted by Crippen LogP contribution is -2.49. The highest BCUT2D eigenvalue weighted by Crippen LogP contribution is 2.30. The molecule has 0 bridgehead atoms. The van der Waals surface area contributed by atoms with Crippen molar-refractivity contribution in [1.82, 2.24) is 14.8 Å². The maximum absolute atomic E-state index is 14.0. The molecular weight excluding hydrogens is 557 g/mol. The number of ether oxygens (including phenoxy) is 1. The normalized spacial score (nSPS) is 14.9. The average molecular weight is 595 g/mol. The number of carbonyl (C=O) groups excluding carboxylic acids is 2. The summed E-state index contributed by atoms with van der Waals surface area (Å²) in [5.74, 6) is -0.750. The van der Waals surface area contributed by atoms with Crippen LogP contribution < -0.4 is 4.90 Å². The van der Waals surface area contributed by atoms with Gasteiger partial charge in [0.15, 0.2) is 5.76 Å². The Bertz CT molecular complexity index is 1430. The number of halogens is 3. The SMILES string of the molecule is Cc1cc(N(C)c2cccc(CN(C(=O)/C(=C\c3ccc(C(F)(F)F)cc3)OC=O)C3CCN(C(C)C)CC3)c2)ccn1. The molecule has 0 N–H and O–H groups in total. The van der Waals surface area contributed by atoms with Gasteiger partial charge >= 0.3 is 6.18 Å². The van der Waals surface area contributed by atoms with Crippen LogP contribution in [0.3, 0.4) is 0 Å². The fraction of sp³-hybridized carbons (Fsp3) is 0.364. The number of benzene rings is 2. The van der Waals surface area contributed by atoms with E-state index < -0.39 is 17.6 Å². The molecule has 1 amide bonds. The zero-order chi connectivity index (χ0) is 31.1. The Morgan fingerprint density at radius 1 is 1.07 bits per heavy atom. The number of piperidine rings is 1. The fourth-order valence-electron chi connectivity index (χ4n) is 5.29. The molecule has 2 aromatic carbocycles. The molecule has 0 saturated carbocycles. The third kappa shape index (κ3) is 8.22. The summed E-state index contributed by atoms with van der Waals surface area (Å²) in [6.45, 7) is 8.25. The molecule has 0 radical (unpaired) electrons. The van der Waals surface area contributed by atoms with E-state index in [4.69, 9.17) is 4.74 Å². The minimum absolute atomic E-state index is 0.127. The van der Waals surface area contributed by atoms with Gasteiger partial charge in [0.05, 0.1) is 5.56 Å². The number of carbonyl (C=O) groups is 2. The maximum Gasteiger partial charge on any atom is 0.416 e. The van der Waals surface area contributed by atoms with E-state index in [9.17, 15) is 22.8 Å². The molecule has 10 heteroatoms. The van der Waals surface area contributed by atoms with Crippen LogP contribution in [0.1, 0.15) is 49.1 Å². The number of alkyl halides is 3. The molecule has 1 fully saturated rings. The van der Waals surface area contributed by atoms with Crippen molar-refractivity contribution in [3.8, 4) is 0 Å². The third-order valence-corrected chi connectivity index (χ3v) is 7.77. The molecule has 7 nitrogen and oxygen atoms in total. The molecule has 1 saturated heterocycles. The monoisotopic (exact) mass is 594 g/mol. The van der Waals surface area contributed by atoms with E-state index in [-0.39, 0.29) is 24.8 Å². The number of hydrogen-bond acceptors (Lipinski definition) is 6. The predicted molar refractivity (Wildman–Crippen MR) is 160 cm³/mol. The van der Waals surface area contributed by atoms with Crippen LogP contribution in [-0.2, 0) is 27.0 Å². The van der Waals surface area contributed by atoms with Crippen LogP contribution in [-0.4, -0.2) is 59.4 Å². The van der Waals surface area contributed by atoms with Gasteiger partial charge in [-0.1, -0.05) is 24.3 Å². The van der Waals surface area contributed by atoms with Crippen molar-refractivity contribution >= 4 is 29.8 Å². The second kappa shape index (κ2) is 13.9. The van der Waals surface area contributed by atoms with Gasteiger partial charge in [0, 0.05) is 62.0 Å². The quantitative estimate of drug-likeness (QED) is 0.150. The van der Waals surface area contributed by atoms with Crippen LogP contribution in [0.25, 0.3) is 6.08 Å². The zero-order valence-corrected chi connectivity index (χ0v) is 24.8. The molecule has 3 aromatic rings. The molecule has 1 aromatic heterocycles. The van der Waals surface area contributed by atoms with Crippen LogP contribution in [0, 0.1) is 6.92 Å². The lowest BCUT2D eigenvalue weighted by atomic mass is 10.00. The van der Waals surface area contributed by atoms with Gasteiger partial charge < -0.3 is 19.4 Å². The molecular formula is C33H37F3N4O3. The topological polar surface area (TPSA) is 66.0 Å². The highest BCUT2D eigenvalue weighted by Gasteiger charge is 2.32. The zero-order valence-electron chi connectivity index (χ0n) is 24.8. The van der Waals surface area contributed by atoms with Gasteiger partial charge in [-0.15, -0.1) is 0 Å². The number of anilines is 2. The van der Waals surface area contributed by atoms with Gasteiger partial charge in [-0.25, -0.2) is 0 Å². The molecule has 0 atom stereocenters. The van der Waals surface area contributed by atoms with Crippen molar-refractivity contribution in [1.29, 1.82) is 0 Å². The summed E-state index contributed by atoms with van der Waals surface area (Å²) in [7, 11) is 1.96. The minimum Gasteiger partial charge on any atom is -0.423 e. The molecule has 0 aliphatic carbocycles. The van der Waals surface area contributed by atoms with E-state index in [0.717, 1.165) is 60.7 Å². The molecule has 4 rings (SSSR count). The summed E-state index contributed by atoms with van der Waals surface area (Å²) in [6.07, 6.45) is 0.0409. The van der Waals surface area contributed by atoms with Crippen molar-refractivity contribution in [2.45, 2.75) is 58.4 Å². The van der Waals surface area contributed by atoms with Gasteiger partial charge in [0.25, 0.3) is 12.4 Å². The lowest BCUT2D eigenvalue weighted by Gasteiger charge is -2.40.